The van der Waals surface area contributed by atoms with Crippen molar-refractivity contribution in [2.75, 3.05) is 12.4 Å². The molecule has 3 N–H and O–H groups in total. The topological polar surface area (TPSA) is 102 Å². The van der Waals surface area contributed by atoms with Crippen molar-refractivity contribution in [3.05, 3.63) is 77.6 Å². The number of urea groups is 1. The Morgan fingerprint density at radius 3 is 2.61 bits per heavy atom. The van der Waals surface area contributed by atoms with Crippen LogP contribution in [-0.2, 0) is 6.18 Å². The summed E-state index contributed by atoms with van der Waals surface area (Å²) in [6, 6.07) is 11.9. The number of amides is 3. The summed E-state index contributed by atoms with van der Waals surface area (Å²) >= 11 is 0. The Balaban J connectivity index is 1.27. The van der Waals surface area contributed by atoms with Gasteiger partial charge in [0.15, 0.2) is 0 Å². The van der Waals surface area contributed by atoms with Gasteiger partial charge in [-0.2, -0.15) is 13.2 Å². The van der Waals surface area contributed by atoms with Crippen molar-refractivity contribution in [1.82, 2.24) is 15.6 Å². The Bertz CT molecular complexity index is 1360. The lowest BCUT2D eigenvalue weighted by atomic mass is 10.1. The van der Waals surface area contributed by atoms with Crippen LogP contribution in [0.4, 0.5) is 23.7 Å². The molecule has 8 nitrogen and oxygen atoms in total. The molecule has 2 heterocycles. The Morgan fingerprint density at radius 2 is 1.86 bits per heavy atom. The van der Waals surface area contributed by atoms with Crippen molar-refractivity contribution >= 4 is 17.6 Å². The fourth-order valence-electron chi connectivity index (χ4n) is 4.44. The largest absolute Gasteiger partial charge is 0.484 e. The maximum absolute atomic E-state index is 12.9. The molecule has 1 aromatic heterocycles. The number of benzene rings is 2. The average Bonchev–Trinajstić information content (AvgIpc) is 3.26. The highest BCUT2D eigenvalue weighted by Crippen LogP contribution is 2.62. The number of anilines is 1. The smallest absolute Gasteiger partial charge is 0.416 e. The number of carbonyl (C=O) groups is 2. The van der Waals surface area contributed by atoms with E-state index in [9.17, 15) is 22.8 Å². The van der Waals surface area contributed by atoms with Crippen LogP contribution >= 0.6 is 0 Å². The standard InChI is InChI=1S/C25H21F3N4O4/c1-24-20(21(24)32-23(34)31-14-5-3-4-13(10-14)25(26,27)28)17-11-15(6-7-19(17)36-24)35-16-8-9-30-18(12-16)22(33)29-2/h3-12,20-21H,1-2H3,(H,29,33)(H2,31,32,34)/t20-,21-,24?/m0/s1. The van der Waals surface area contributed by atoms with Gasteiger partial charge in [0.25, 0.3) is 5.91 Å². The van der Waals surface area contributed by atoms with E-state index in [4.69, 9.17) is 9.47 Å². The minimum atomic E-state index is -4.51. The number of hydrogen-bond donors (Lipinski definition) is 3. The van der Waals surface area contributed by atoms with Gasteiger partial charge in [-0.3, -0.25) is 9.78 Å². The quantitative estimate of drug-likeness (QED) is 0.474. The van der Waals surface area contributed by atoms with Crippen molar-refractivity contribution in [1.29, 1.82) is 0 Å². The maximum Gasteiger partial charge on any atom is 0.416 e. The lowest BCUT2D eigenvalue weighted by Crippen LogP contribution is -2.36. The molecule has 0 bridgehead atoms. The second kappa shape index (κ2) is 8.43. The summed E-state index contributed by atoms with van der Waals surface area (Å²) in [4.78, 5) is 28.3. The number of halogens is 3. The van der Waals surface area contributed by atoms with E-state index in [2.05, 4.69) is 20.9 Å². The van der Waals surface area contributed by atoms with Gasteiger partial charge in [-0.15, -0.1) is 0 Å². The first-order valence-electron chi connectivity index (χ1n) is 11.0. The van der Waals surface area contributed by atoms with Gasteiger partial charge in [0, 0.05) is 30.6 Å². The van der Waals surface area contributed by atoms with Crippen LogP contribution in [0.25, 0.3) is 0 Å². The molecular weight excluding hydrogens is 477 g/mol. The van der Waals surface area contributed by atoms with E-state index in [-0.39, 0.29) is 29.2 Å². The first-order chi connectivity index (χ1) is 17.1. The molecule has 0 spiro atoms. The lowest BCUT2D eigenvalue weighted by Gasteiger charge is -2.16. The number of aromatic nitrogens is 1. The second-order valence-corrected chi connectivity index (χ2v) is 8.68. The SMILES string of the molecule is CNC(=O)c1cc(Oc2ccc3c(c2)[C@H]2[C@H](NC(=O)Nc4cccc(C(F)(F)F)c4)C2(C)O3)ccn1. The molecule has 0 radical (unpaired) electrons. The Hall–Kier alpha value is -4.28. The third-order valence-electron chi connectivity index (χ3n) is 6.27. The third-order valence-corrected chi connectivity index (χ3v) is 6.27. The maximum atomic E-state index is 12.9. The fraction of sp³-hybridized carbons (Fsp3) is 0.240. The highest BCUT2D eigenvalue weighted by molar-refractivity contribution is 5.92. The number of carbonyl (C=O) groups excluding carboxylic acids is 2. The van der Waals surface area contributed by atoms with E-state index in [1.54, 1.807) is 24.3 Å². The third kappa shape index (κ3) is 4.28. The van der Waals surface area contributed by atoms with E-state index >= 15 is 0 Å². The van der Waals surface area contributed by atoms with Crippen molar-refractivity contribution in [3.63, 3.8) is 0 Å². The highest BCUT2D eigenvalue weighted by atomic mass is 19.4. The molecule has 3 amide bonds. The zero-order valence-corrected chi connectivity index (χ0v) is 19.1. The van der Waals surface area contributed by atoms with E-state index in [1.165, 1.54) is 31.4 Å². The summed E-state index contributed by atoms with van der Waals surface area (Å²) in [6.07, 6.45) is -3.04. The van der Waals surface area contributed by atoms with Gasteiger partial charge < -0.3 is 25.4 Å². The van der Waals surface area contributed by atoms with Crippen LogP contribution in [0, 0.1) is 0 Å². The first-order valence-corrected chi connectivity index (χ1v) is 11.0. The van der Waals surface area contributed by atoms with E-state index < -0.39 is 23.4 Å². The van der Waals surface area contributed by atoms with Crippen LogP contribution in [0.2, 0.25) is 0 Å². The summed E-state index contributed by atoms with van der Waals surface area (Å²) in [6.45, 7) is 1.85. The molecule has 3 atom stereocenters. The fourth-order valence-corrected chi connectivity index (χ4v) is 4.44. The highest BCUT2D eigenvalue weighted by Gasteiger charge is 2.70. The van der Waals surface area contributed by atoms with E-state index in [0.717, 1.165) is 17.7 Å². The molecule has 36 heavy (non-hydrogen) atoms. The van der Waals surface area contributed by atoms with Gasteiger partial charge in [-0.05, 0) is 49.4 Å². The molecule has 11 heteroatoms. The van der Waals surface area contributed by atoms with Crippen molar-refractivity contribution in [3.8, 4) is 17.2 Å². The molecule has 2 aliphatic rings. The number of hydrogen-bond acceptors (Lipinski definition) is 5. The van der Waals surface area contributed by atoms with Gasteiger partial charge >= 0.3 is 12.2 Å². The Labute approximate surface area is 203 Å². The van der Waals surface area contributed by atoms with Gasteiger partial charge in [-0.1, -0.05) is 6.07 Å². The molecule has 1 fully saturated rings. The number of pyridine rings is 1. The zero-order chi connectivity index (χ0) is 25.7. The summed E-state index contributed by atoms with van der Waals surface area (Å²) in [7, 11) is 1.51. The number of fused-ring (bicyclic) bond motifs is 3. The summed E-state index contributed by atoms with van der Waals surface area (Å²) in [5.74, 6) is 1.09. The number of rotatable bonds is 5. The summed E-state index contributed by atoms with van der Waals surface area (Å²) in [5.41, 5.74) is -0.458. The van der Waals surface area contributed by atoms with E-state index in [1.807, 2.05) is 6.92 Å². The molecular formula is C25H21F3N4O4. The molecule has 3 aromatic rings. The van der Waals surface area contributed by atoms with E-state index in [0.29, 0.717) is 17.2 Å². The molecule has 1 unspecified atom stereocenters. The van der Waals surface area contributed by atoms with Gasteiger partial charge in [0.2, 0.25) is 0 Å². The number of nitrogens with zero attached hydrogens (tertiary/aromatic N) is 1. The molecule has 0 saturated heterocycles. The average molecular weight is 498 g/mol. The predicted octanol–water partition coefficient (Wildman–Crippen LogP) is 4.69. The number of alkyl halides is 3. The van der Waals surface area contributed by atoms with Crippen LogP contribution in [-0.4, -0.2) is 35.6 Å². The van der Waals surface area contributed by atoms with Crippen LogP contribution in [0.5, 0.6) is 17.2 Å². The van der Waals surface area contributed by atoms with Crippen molar-refractivity contribution in [2.24, 2.45) is 0 Å². The molecule has 186 valence electrons. The van der Waals surface area contributed by atoms with Crippen LogP contribution < -0.4 is 25.4 Å². The number of ether oxygens (including phenoxy) is 2. The van der Waals surface area contributed by atoms with Crippen LogP contribution in [0.15, 0.2) is 60.8 Å². The Morgan fingerprint density at radius 1 is 1.08 bits per heavy atom. The molecule has 5 rings (SSSR count). The van der Waals surface area contributed by atoms with Crippen LogP contribution in [0.1, 0.15) is 34.5 Å². The van der Waals surface area contributed by atoms with Crippen molar-refractivity contribution in [2.45, 2.75) is 30.7 Å². The van der Waals surface area contributed by atoms with Gasteiger partial charge in [0.05, 0.1) is 17.5 Å². The zero-order valence-electron chi connectivity index (χ0n) is 19.1. The first kappa shape index (κ1) is 23.5. The minimum absolute atomic E-state index is 0.0313. The lowest BCUT2D eigenvalue weighted by molar-refractivity contribution is -0.137. The normalized spacial score (nSPS) is 21.5. The Kier molecular flexibility index (Phi) is 5.50. The van der Waals surface area contributed by atoms with Gasteiger partial charge in [0.1, 0.15) is 28.5 Å². The minimum Gasteiger partial charge on any atom is -0.484 e. The predicted molar refractivity (Wildman–Crippen MR) is 123 cm³/mol. The van der Waals surface area contributed by atoms with Crippen molar-refractivity contribution < 1.29 is 32.2 Å². The summed E-state index contributed by atoms with van der Waals surface area (Å²) < 4.78 is 50.8. The monoisotopic (exact) mass is 498 g/mol. The van der Waals surface area contributed by atoms with Gasteiger partial charge in [-0.25, -0.2) is 4.79 Å². The molecule has 1 saturated carbocycles. The molecule has 1 aliphatic heterocycles. The number of nitrogens with one attached hydrogen (secondary N) is 3. The molecule has 1 aliphatic carbocycles. The van der Waals surface area contributed by atoms with Crippen LogP contribution in [0.3, 0.4) is 0 Å². The molecule has 2 aromatic carbocycles. The second-order valence-electron chi connectivity index (χ2n) is 8.68. The summed E-state index contributed by atoms with van der Waals surface area (Å²) in [5, 5.41) is 7.74.